The Morgan fingerprint density at radius 1 is 1.24 bits per heavy atom. The van der Waals surface area contributed by atoms with Gasteiger partial charge in [-0.2, -0.15) is 4.98 Å². The summed E-state index contributed by atoms with van der Waals surface area (Å²) in [5.41, 5.74) is 0.330. The van der Waals surface area contributed by atoms with E-state index in [2.05, 4.69) is 15.3 Å². The molecule has 0 aliphatic rings. The predicted molar refractivity (Wildman–Crippen MR) is 92.7 cm³/mol. The zero-order chi connectivity index (χ0) is 17.8. The van der Waals surface area contributed by atoms with Gasteiger partial charge in [-0.1, -0.05) is 0 Å². The molecule has 7 nitrogen and oxygen atoms in total. The molecule has 2 heterocycles. The molecule has 1 amide bonds. The van der Waals surface area contributed by atoms with Crippen LogP contribution in [0.2, 0.25) is 0 Å². The lowest BCUT2D eigenvalue weighted by Crippen LogP contribution is -2.21. The van der Waals surface area contributed by atoms with Crippen LogP contribution in [0.1, 0.15) is 24.3 Å². The molecule has 2 aromatic heterocycles. The summed E-state index contributed by atoms with van der Waals surface area (Å²) in [7, 11) is 0. The van der Waals surface area contributed by atoms with Crippen molar-refractivity contribution in [3.05, 3.63) is 64.9 Å². The number of hydrogen-bond acceptors (Lipinski definition) is 5. The third kappa shape index (κ3) is 4.14. The molecule has 25 heavy (non-hydrogen) atoms. The Balaban J connectivity index is 1.78. The minimum Gasteiger partial charge on any atom is -0.491 e. The van der Waals surface area contributed by atoms with Crippen molar-refractivity contribution in [3.8, 4) is 17.2 Å². The summed E-state index contributed by atoms with van der Waals surface area (Å²) in [5, 5.41) is 2.70. The molecule has 7 heteroatoms. The molecule has 0 atom stereocenters. The van der Waals surface area contributed by atoms with E-state index in [1.807, 2.05) is 13.8 Å². The third-order valence-corrected chi connectivity index (χ3v) is 3.25. The van der Waals surface area contributed by atoms with Gasteiger partial charge in [0.15, 0.2) is 0 Å². The molecule has 0 unspecified atom stereocenters. The van der Waals surface area contributed by atoms with Crippen LogP contribution in [0.3, 0.4) is 0 Å². The molecule has 1 aromatic carbocycles. The maximum atomic E-state index is 12.4. The van der Waals surface area contributed by atoms with Gasteiger partial charge in [0.2, 0.25) is 0 Å². The van der Waals surface area contributed by atoms with Gasteiger partial charge in [-0.25, -0.2) is 4.79 Å². The molecule has 0 aliphatic heterocycles. The van der Waals surface area contributed by atoms with E-state index in [-0.39, 0.29) is 11.8 Å². The first-order valence-electron chi connectivity index (χ1n) is 7.74. The van der Waals surface area contributed by atoms with Crippen molar-refractivity contribution in [2.75, 3.05) is 5.32 Å². The van der Waals surface area contributed by atoms with Gasteiger partial charge in [0.05, 0.1) is 18.1 Å². The van der Waals surface area contributed by atoms with Crippen LogP contribution in [-0.4, -0.2) is 22.0 Å². The van der Waals surface area contributed by atoms with Gasteiger partial charge in [-0.3, -0.25) is 4.79 Å². The lowest BCUT2D eigenvalue weighted by Gasteiger charge is -2.10. The number of H-pyrrole nitrogens is 1. The van der Waals surface area contributed by atoms with E-state index in [1.54, 1.807) is 36.4 Å². The molecule has 3 rings (SSSR count). The van der Waals surface area contributed by atoms with Crippen molar-refractivity contribution in [3.63, 3.8) is 0 Å². The molecule has 0 bridgehead atoms. The maximum Gasteiger partial charge on any atom is 0.346 e. The fourth-order valence-electron chi connectivity index (χ4n) is 2.22. The normalized spacial score (nSPS) is 10.7. The molecule has 2 N–H and O–H groups in total. The van der Waals surface area contributed by atoms with Crippen molar-refractivity contribution in [1.82, 2.24) is 9.97 Å². The van der Waals surface area contributed by atoms with E-state index in [4.69, 9.17) is 9.15 Å². The Labute approximate surface area is 143 Å². The number of nitrogens with zero attached hydrogens (tertiary/aromatic N) is 1. The van der Waals surface area contributed by atoms with Gasteiger partial charge in [-0.05, 0) is 56.3 Å². The average Bonchev–Trinajstić information content (AvgIpc) is 3.10. The van der Waals surface area contributed by atoms with Gasteiger partial charge >= 0.3 is 5.69 Å². The third-order valence-electron chi connectivity index (χ3n) is 3.25. The topological polar surface area (TPSA) is 97.2 Å². The second-order valence-corrected chi connectivity index (χ2v) is 5.61. The van der Waals surface area contributed by atoms with Gasteiger partial charge in [0.1, 0.15) is 17.2 Å². The predicted octanol–water partition coefficient (Wildman–Crippen LogP) is 3.07. The quantitative estimate of drug-likeness (QED) is 0.744. The molecule has 0 radical (unpaired) electrons. The molecular formula is C18H17N3O4. The highest BCUT2D eigenvalue weighted by atomic mass is 16.5. The lowest BCUT2D eigenvalue weighted by molar-refractivity contribution is 0.102. The number of rotatable bonds is 5. The highest BCUT2D eigenvalue weighted by Crippen LogP contribution is 2.19. The van der Waals surface area contributed by atoms with Gasteiger partial charge in [0, 0.05) is 5.69 Å². The monoisotopic (exact) mass is 339 g/mol. The van der Waals surface area contributed by atoms with E-state index < -0.39 is 11.6 Å². The number of benzene rings is 1. The van der Waals surface area contributed by atoms with Crippen LogP contribution in [0.4, 0.5) is 5.69 Å². The molecule has 0 saturated heterocycles. The largest absolute Gasteiger partial charge is 0.491 e. The fraction of sp³-hybridized carbons (Fsp3) is 0.167. The zero-order valence-electron chi connectivity index (χ0n) is 13.8. The number of amides is 1. The van der Waals surface area contributed by atoms with E-state index in [0.717, 1.165) is 0 Å². The van der Waals surface area contributed by atoms with Crippen LogP contribution in [0.5, 0.6) is 5.75 Å². The summed E-state index contributed by atoms with van der Waals surface area (Å²) in [5.74, 6) is 0.669. The van der Waals surface area contributed by atoms with E-state index in [0.29, 0.717) is 22.9 Å². The number of carbonyl (C=O) groups excluding carboxylic acids is 1. The van der Waals surface area contributed by atoms with Gasteiger partial charge < -0.3 is 19.5 Å². The minimum absolute atomic E-state index is 0.00217. The molecule has 3 aromatic rings. The first kappa shape index (κ1) is 16.5. The Bertz CT molecular complexity index is 912. The Kier molecular flexibility index (Phi) is 4.65. The Morgan fingerprint density at radius 2 is 2.00 bits per heavy atom. The van der Waals surface area contributed by atoms with Crippen LogP contribution in [-0.2, 0) is 0 Å². The van der Waals surface area contributed by atoms with Crippen molar-refractivity contribution in [1.29, 1.82) is 0 Å². The SMILES string of the molecule is CC(C)Oc1ccc(NC(=O)c2cc(-c3ccco3)[nH]c(=O)n2)cc1. The Morgan fingerprint density at radius 3 is 2.64 bits per heavy atom. The molecule has 128 valence electrons. The highest BCUT2D eigenvalue weighted by Gasteiger charge is 2.13. The second kappa shape index (κ2) is 7.04. The maximum absolute atomic E-state index is 12.4. The van der Waals surface area contributed by atoms with Crippen molar-refractivity contribution in [2.24, 2.45) is 0 Å². The van der Waals surface area contributed by atoms with E-state index >= 15 is 0 Å². The van der Waals surface area contributed by atoms with Crippen LogP contribution < -0.4 is 15.7 Å². The second-order valence-electron chi connectivity index (χ2n) is 5.61. The van der Waals surface area contributed by atoms with Crippen LogP contribution in [0.15, 0.2) is 57.9 Å². The van der Waals surface area contributed by atoms with E-state index in [1.165, 1.54) is 12.3 Å². The van der Waals surface area contributed by atoms with Crippen LogP contribution in [0.25, 0.3) is 11.5 Å². The number of aromatic nitrogens is 2. The number of furan rings is 1. The lowest BCUT2D eigenvalue weighted by atomic mass is 10.2. The van der Waals surface area contributed by atoms with Gasteiger partial charge in [0.25, 0.3) is 5.91 Å². The summed E-state index contributed by atoms with van der Waals surface area (Å²) in [6.07, 6.45) is 1.55. The number of anilines is 1. The Hall–Kier alpha value is -3.35. The molecule has 0 aliphatic carbocycles. The van der Waals surface area contributed by atoms with Crippen molar-refractivity contribution >= 4 is 11.6 Å². The molecule has 0 saturated carbocycles. The summed E-state index contributed by atoms with van der Waals surface area (Å²) in [6.45, 7) is 3.87. The fourth-order valence-corrected chi connectivity index (χ4v) is 2.22. The molecule has 0 spiro atoms. The number of nitrogens with one attached hydrogen (secondary N) is 2. The highest BCUT2D eigenvalue weighted by molar-refractivity contribution is 6.03. The summed E-state index contributed by atoms with van der Waals surface area (Å²) in [6, 6.07) is 11.8. The van der Waals surface area contributed by atoms with Crippen molar-refractivity contribution in [2.45, 2.75) is 20.0 Å². The first-order chi connectivity index (χ1) is 12.0. The smallest absolute Gasteiger partial charge is 0.346 e. The van der Waals surface area contributed by atoms with Crippen LogP contribution >= 0.6 is 0 Å². The summed E-state index contributed by atoms with van der Waals surface area (Å²) < 4.78 is 10.8. The summed E-state index contributed by atoms with van der Waals surface area (Å²) >= 11 is 0. The van der Waals surface area contributed by atoms with Crippen LogP contribution in [0, 0.1) is 0 Å². The minimum atomic E-state index is -0.625. The van der Waals surface area contributed by atoms with Gasteiger partial charge in [-0.15, -0.1) is 0 Å². The number of aromatic amines is 1. The number of carbonyl (C=O) groups is 1. The number of hydrogen-bond donors (Lipinski definition) is 2. The summed E-state index contributed by atoms with van der Waals surface area (Å²) in [4.78, 5) is 30.3. The molecule has 0 fully saturated rings. The molecular weight excluding hydrogens is 322 g/mol. The van der Waals surface area contributed by atoms with E-state index in [9.17, 15) is 9.59 Å². The first-order valence-corrected chi connectivity index (χ1v) is 7.74. The zero-order valence-corrected chi connectivity index (χ0v) is 13.8. The standard InChI is InChI=1S/C18H17N3O4/c1-11(2)25-13-7-5-12(6-8-13)19-17(22)15-10-14(20-18(23)21-15)16-4-3-9-24-16/h3-11H,1-2H3,(H,19,22)(H,20,21,23). The average molecular weight is 339 g/mol. The van der Waals surface area contributed by atoms with Crippen molar-refractivity contribution < 1.29 is 13.9 Å². The number of ether oxygens (including phenoxy) is 1.